The third-order valence-corrected chi connectivity index (χ3v) is 4.69. The highest BCUT2D eigenvalue weighted by molar-refractivity contribution is 5.95. The van der Waals surface area contributed by atoms with Crippen molar-refractivity contribution in [3.8, 4) is 11.7 Å². The first-order valence-corrected chi connectivity index (χ1v) is 9.65. The van der Waals surface area contributed by atoms with Gasteiger partial charge in [-0.1, -0.05) is 0 Å². The van der Waals surface area contributed by atoms with Gasteiger partial charge in [-0.25, -0.2) is 9.78 Å². The van der Waals surface area contributed by atoms with Gasteiger partial charge in [0.15, 0.2) is 11.6 Å². The van der Waals surface area contributed by atoms with Gasteiger partial charge in [-0.15, -0.1) is 10.2 Å². The predicted octanol–water partition coefficient (Wildman–Crippen LogP) is 1.55. The molecule has 0 bridgehead atoms. The lowest BCUT2D eigenvalue weighted by Gasteiger charge is -2.19. The van der Waals surface area contributed by atoms with E-state index in [1.54, 1.807) is 49.6 Å². The summed E-state index contributed by atoms with van der Waals surface area (Å²) < 4.78 is 6.47. The molecule has 0 aliphatic rings. The van der Waals surface area contributed by atoms with Gasteiger partial charge >= 0.3 is 5.69 Å². The molecule has 4 rings (SSSR count). The van der Waals surface area contributed by atoms with Gasteiger partial charge in [0.05, 0.1) is 7.11 Å². The number of nitrogens with one attached hydrogen (secondary N) is 3. The van der Waals surface area contributed by atoms with E-state index in [1.807, 2.05) is 13.0 Å². The van der Waals surface area contributed by atoms with Crippen LogP contribution < -0.4 is 21.5 Å². The second-order valence-corrected chi connectivity index (χ2v) is 6.96. The summed E-state index contributed by atoms with van der Waals surface area (Å²) in [7, 11) is 1.54. The van der Waals surface area contributed by atoms with Crippen LogP contribution in [0.2, 0.25) is 0 Å². The summed E-state index contributed by atoms with van der Waals surface area (Å²) in [5, 5.41) is 23.2. The highest BCUT2D eigenvalue weighted by atomic mass is 16.5. The Morgan fingerprint density at radius 2 is 2.03 bits per heavy atom. The van der Waals surface area contributed by atoms with Gasteiger partial charge in [0.1, 0.15) is 11.9 Å². The minimum atomic E-state index is -0.542. The van der Waals surface area contributed by atoms with Gasteiger partial charge < -0.3 is 15.8 Å². The molecule has 3 heterocycles. The number of aromatic nitrogens is 6. The van der Waals surface area contributed by atoms with E-state index in [1.165, 1.54) is 6.20 Å². The summed E-state index contributed by atoms with van der Waals surface area (Å²) in [4.78, 5) is 19.7. The first-order valence-electron chi connectivity index (χ1n) is 9.65. The van der Waals surface area contributed by atoms with Crippen LogP contribution in [0.1, 0.15) is 28.7 Å². The smallest absolute Gasteiger partial charge is 0.349 e. The number of nitrogen functional groups attached to an aromatic ring is 1. The van der Waals surface area contributed by atoms with Crippen LogP contribution in [0.5, 0.6) is 5.88 Å². The molecule has 0 unspecified atom stereocenters. The molecule has 0 fully saturated rings. The van der Waals surface area contributed by atoms with E-state index in [2.05, 4.69) is 30.6 Å². The van der Waals surface area contributed by atoms with Crippen molar-refractivity contribution in [2.45, 2.75) is 13.0 Å². The number of aryl methyl sites for hydroxylation is 1. The van der Waals surface area contributed by atoms with E-state index in [0.717, 1.165) is 21.6 Å². The number of ether oxygens (including phenoxy) is 1. The average molecular weight is 431 g/mol. The van der Waals surface area contributed by atoms with Crippen LogP contribution in [0.3, 0.4) is 0 Å². The fraction of sp³-hybridized carbons (Fsp3) is 0.143. The lowest BCUT2D eigenvalue weighted by atomic mass is 10.1. The van der Waals surface area contributed by atoms with Crippen molar-refractivity contribution in [1.82, 2.24) is 29.9 Å². The van der Waals surface area contributed by atoms with Gasteiger partial charge in [0, 0.05) is 29.2 Å². The molecule has 162 valence electrons. The van der Waals surface area contributed by atoms with E-state index in [0.29, 0.717) is 23.1 Å². The Morgan fingerprint density at radius 1 is 1.25 bits per heavy atom. The normalized spacial score (nSPS) is 11.7. The number of nitrogens with two attached hydrogens (primary N) is 1. The number of hydrogen-bond donors (Lipinski definition) is 4. The maximum absolute atomic E-state index is 12.6. The van der Waals surface area contributed by atoms with E-state index in [9.17, 15) is 4.79 Å². The molecule has 0 saturated carbocycles. The molecule has 11 nitrogen and oxygen atoms in total. The van der Waals surface area contributed by atoms with Crippen molar-refractivity contribution < 1.29 is 4.74 Å². The van der Waals surface area contributed by atoms with Gasteiger partial charge in [-0.2, -0.15) is 9.78 Å². The van der Waals surface area contributed by atoms with Gasteiger partial charge in [-0.05, 0) is 55.0 Å². The second kappa shape index (κ2) is 8.68. The van der Waals surface area contributed by atoms with Crippen LogP contribution in [0, 0.1) is 12.3 Å². The van der Waals surface area contributed by atoms with Crippen LogP contribution in [0.4, 0.5) is 5.69 Å². The molecule has 4 aromatic rings. The average Bonchev–Trinajstić information content (AvgIpc) is 3.19. The predicted molar refractivity (Wildman–Crippen MR) is 118 cm³/mol. The number of pyridine rings is 1. The van der Waals surface area contributed by atoms with E-state index >= 15 is 0 Å². The van der Waals surface area contributed by atoms with E-state index in [-0.39, 0.29) is 5.84 Å². The first-order chi connectivity index (χ1) is 15.4. The number of anilines is 1. The number of H-pyrrole nitrogens is 1. The Bertz CT molecular complexity index is 1300. The standard InChI is InChI=1S/C21H21N9O2/c1-12-10-14(11-17(25-12)32-2)18(26-15-7-5-13(6-8-15)19(22)23)20-27-21(31)30(29-20)16-4-3-9-24-28-16/h3-11,18,26H,1-2H3,(H3,22,23)(H,27,29,31)/t18-/m0/s1. The van der Waals surface area contributed by atoms with Crippen LogP contribution in [0.25, 0.3) is 5.82 Å². The van der Waals surface area contributed by atoms with Crippen molar-refractivity contribution in [2.75, 3.05) is 12.4 Å². The zero-order valence-corrected chi connectivity index (χ0v) is 17.4. The minimum absolute atomic E-state index is 0.0189. The zero-order chi connectivity index (χ0) is 22.7. The number of rotatable bonds is 7. The Hall–Kier alpha value is -4.54. The fourth-order valence-corrected chi connectivity index (χ4v) is 3.19. The Kier molecular flexibility index (Phi) is 5.62. The topological polar surface area (TPSA) is 160 Å². The van der Waals surface area contributed by atoms with Gasteiger partial charge in [0.25, 0.3) is 0 Å². The molecule has 11 heteroatoms. The summed E-state index contributed by atoms with van der Waals surface area (Å²) in [5.41, 5.74) is 7.97. The molecule has 0 aliphatic carbocycles. The largest absolute Gasteiger partial charge is 0.481 e. The Balaban J connectivity index is 1.78. The summed E-state index contributed by atoms with van der Waals surface area (Å²) in [6.07, 6.45) is 1.52. The van der Waals surface area contributed by atoms with E-state index in [4.69, 9.17) is 15.9 Å². The first kappa shape index (κ1) is 20.7. The molecular formula is C21H21N9O2. The van der Waals surface area contributed by atoms with Crippen molar-refractivity contribution in [3.05, 3.63) is 87.9 Å². The van der Waals surface area contributed by atoms with Crippen molar-refractivity contribution in [3.63, 3.8) is 0 Å². The van der Waals surface area contributed by atoms with Gasteiger partial charge in [-0.3, -0.25) is 10.4 Å². The number of aromatic amines is 1. The van der Waals surface area contributed by atoms with Crippen LogP contribution >= 0.6 is 0 Å². The highest BCUT2D eigenvalue weighted by Crippen LogP contribution is 2.27. The van der Waals surface area contributed by atoms with Crippen LogP contribution in [0.15, 0.2) is 59.5 Å². The Morgan fingerprint density at radius 3 is 2.69 bits per heavy atom. The molecule has 1 atom stereocenters. The molecule has 3 aromatic heterocycles. The third kappa shape index (κ3) is 4.31. The molecule has 0 radical (unpaired) electrons. The summed E-state index contributed by atoms with van der Waals surface area (Å²) in [6, 6.07) is 13.5. The lowest BCUT2D eigenvalue weighted by molar-refractivity contribution is 0.396. The number of nitrogens with zero attached hydrogens (tertiary/aromatic N) is 5. The molecule has 0 spiro atoms. The number of methoxy groups -OCH3 is 1. The zero-order valence-electron chi connectivity index (χ0n) is 17.4. The Labute approximate surface area is 182 Å². The number of hydrogen-bond acceptors (Lipinski definition) is 8. The maximum atomic E-state index is 12.6. The molecule has 32 heavy (non-hydrogen) atoms. The molecule has 5 N–H and O–H groups in total. The molecule has 0 aliphatic heterocycles. The van der Waals surface area contributed by atoms with Crippen LogP contribution in [-0.4, -0.2) is 42.9 Å². The van der Waals surface area contributed by atoms with Crippen molar-refractivity contribution in [1.29, 1.82) is 5.41 Å². The summed E-state index contributed by atoms with van der Waals surface area (Å²) in [6.45, 7) is 1.85. The van der Waals surface area contributed by atoms with Gasteiger partial charge in [0.2, 0.25) is 5.88 Å². The SMILES string of the molecule is COc1cc([C@H](Nc2ccc(C(=N)N)cc2)c2nn(-c3cccnn3)c(=O)[nH]2)cc(C)n1. The summed E-state index contributed by atoms with van der Waals surface area (Å²) >= 11 is 0. The number of benzene rings is 1. The second-order valence-electron chi connectivity index (χ2n) is 6.96. The maximum Gasteiger partial charge on any atom is 0.349 e. The van der Waals surface area contributed by atoms with Crippen molar-refractivity contribution in [2.24, 2.45) is 5.73 Å². The van der Waals surface area contributed by atoms with Crippen LogP contribution in [-0.2, 0) is 0 Å². The molecule has 0 saturated heterocycles. The quantitative estimate of drug-likeness (QED) is 0.253. The molecule has 1 aromatic carbocycles. The highest BCUT2D eigenvalue weighted by Gasteiger charge is 2.22. The lowest BCUT2D eigenvalue weighted by Crippen LogP contribution is -2.17. The van der Waals surface area contributed by atoms with Crippen molar-refractivity contribution >= 4 is 11.5 Å². The summed E-state index contributed by atoms with van der Waals surface area (Å²) in [5.74, 6) is 1.08. The minimum Gasteiger partial charge on any atom is -0.481 e. The van der Waals surface area contributed by atoms with E-state index < -0.39 is 11.7 Å². The number of amidine groups is 1. The third-order valence-electron chi connectivity index (χ3n) is 4.69. The monoisotopic (exact) mass is 431 g/mol. The molecular weight excluding hydrogens is 410 g/mol. The molecule has 0 amide bonds. The fourth-order valence-electron chi connectivity index (χ4n) is 3.19.